The Morgan fingerprint density at radius 2 is 2.16 bits per heavy atom. The normalized spacial score (nSPS) is 12.1. The first kappa shape index (κ1) is 13.0. The van der Waals surface area contributed by atoms with Crippen molar-refractivity contribution < 1.29 is 19.4 Å². The van der Waals surface area contributed by atoms with Crippen LogP contribution in [0, 0.1) is 5.92 Å². The smallest absolute Gasteiger partial charge is 0.320 e. The maximum absolute atomic E-state index is 11.4. The van der Waals surface area contributed by atoms with Crippen molar-refractivity contribution >= 4 is 22.8 Å². The molecule has 0 spiro atoms. The van der Waals surface area contributed by atoms with Crippen molar-refractivity contribution in [1.82, 2.24) is 4.98 Å². The van der Waals surface area contributed by atoms with E-state index in [2.05, 4.69) is 9.72 Å². The van der Waals surface area contributed by atoms with Crippen molar-refractivity contribution in [3.05, 3.63) is 42.1 Å². The van der Waals surface area contributed by atoms with Gasteiger partial charge in [0.25, 0.3) is 0 Å². The van der Waals surface area contributed by atoms with Crippen LogP contribution in [0.5, 0.6) is 0 Å². The Balaban J connectivity index is 2.28. The number of pyridine rings is 1. The van der Waals surface area contributed by atoms with E-state index in [-0.39, 0.29) is 6.42 Å². The first-order valence-electron chi connectivity index (χ1n) is 5.76. The van der Waals surface area contributed by atoms with Crippen molar-refractivity contribution in [2.75, 3.05) is 7.11 Å². The third-order valence-electron chi connectivity index (χ3n) is 2.89. The lowest BCUT2D eigenvalue weighted by Crippen LogP contribution is -2.27. The Bertz CT molecular complexity index is 624. The molecule has 5 nitrogen and oxygen atoms in total. The quantitative estimate of drug-likeness (QED) is 0.667. The number of hydrogen-bond acceptors (Lipinski definition) is 4. The fourth-order valence-electron chi connectivity index (χ4n) is 1.90. The number of benzene rings is 1. The predicted octanol–water partition coefficient (Wildman–Crippen LogP) is 1.65. The van der Waals surface area contributed by atoms with Gasteiger partial charge in [-0.15, -0.1) is 0 Å². The molecule has 0 aliphatic rings. The van der Waals surface area contributed by atoms with Gasteiger partial charge in [-0.1, -0.05) is 12.1 Å². The molecule has 0 radical (unpaired) electrons. The van der Waals surface area contributed by atoms with Gasteiger partial charge in [-0.25, -0.2) is 0 Å². The highest BCUT2D eigenvalue weighted by atomic mass is 16.5. The largest absolute Gasteiger partial charge is 0.481 e. The van der Waals surface area contributed by atoms with Gasteiger partial charge in [0.05, 0.1) is 12.6 Å². The Kier molecular flexibility index (Phi) is 3.75. The predicted molar refractivity (Wildman–Crippen MR) is 68.6 cm³/mol. The van der Waals surface area contributed by atoms with Crippen LogP contribution >= 0.6 is 0 Å². The van der Waals surface area contributed by atoms with Crippen molar-refractivity contribution in [2.45, 2.75) is 6.42 Å². The van der Waals surface area contributed by atoms with Gasteiger partial charge in [0.2, 0.25) is 0 Å². The molecule has 0 fully saturated rings. The summed E-state index contributed by atoms with van der Waals surface area (Å²) >= 11 is 0. The van der Waals surface area contributed by atoms with Crippen molar-refractivity contribution in [1.29, 1.82) is 0 Å². The zero-order valence-corrected chi connectivity index (χ0v) is 10.4. The fraction of sp³-hybridized carbons (Fsp3) is 0.214. The van der Waals surface area contributed by atoms with E-state index in [1.165, 1.54) is 7.11 Å². The molecule has 2 rings (SSSR count). The minimum absolute atomic E-state index is 0.104. The Morgan fingerprint density at radius 1 is 1.37 bits per heavy atom. The molecule has 0 bridgehead atoms. The number of carbonyl (C=O) groups excluding carboxylic acids is 1. The number of aliphatic carboxylic acids is 1. The summed E-state index contributed by atoms with van der Waals surface area (Å²) in [6.07, 6.45) is 1.79. The van der Waals surface area contributed by atoms with Crippen molar-refractivity contribution in [3.8, 4) is 0 Å². The van der Waals surface area contributed by atoms with E-state index in [0.29, 0.717) is 0 Å². The van der Waals surface area contributed by atoms with Gasteiger partial charge >= 0.3 is 11.9 Å². The number of hydrogen-bond donors (Lipinski definition) is 1. The van der Waals surface area contributed by atoms with Crippen LogP contribution < -0.4 is 0 Å². The number of carboxylic acids is 1. The van der Waals surface area contributed by atoms with Gasteiger partial charge in [-0.3, -0.25) is 14.6 Å². The van der Waals surface area contributed by atoms with Crippen LogP contribution in [0.15, 0.2) is 36.5 Å². The highest BCUT2D eigenvalue weighted by Gasteiger charge is 2.27. The molecule has 1 aromatic carbocycles. The second-order valence-electron chi connectivity index (χ2n) is 4.15. The minimum Gasteiger partial charge on any atom is -0.481 e. The lowest BCUT2D eigenvalue weighted by molar-refractivity contribution is -0.156. The van der Waals surface area contributed by atoms with E-state index >= 15 is 0 Å². The summed E-state index contributed by atoms with van der Waals surface area (Å²) in [6, 6.07) is 9.11. The molecule has 1 N–H and O–H groups in total. The van der Waals surface area contributed by atoms with Crippen LogP contribution in [0.4, 0.5) is 0 Å². The third kappa shape index (κ3) is 2.88. The molecule has 0 aliphatic heterocycles. The molecule has 19 heavy (non-hydrogen) atoms. The summed E-state index contributed by atoms with van der Waals surface area (Å²) < 4.78 is 4.50. The molecule has 0 saturated heterocycles. The lowest BCUT2D eigenvalue weighted by atomic mass is 9.98. The van der Waals surface area contributed by atoms with E-state index in [1.54, 1.807) is 24.4 Å². The fourth-order valence-corrected chi connectivity index (χ4v) is 1.90. The van der Waals surface area contributed by atoms with Gasteiger partial charge in [0.1, 0.15) is 0 Å². The Labute approximate surface area is 109 Å². The van der Waals surface area contributed by atoms with Gasteiger partial charge in [-0.05, 0) is 30.2 Å². The van der Waals surface area contributed by atoms with E-state index < -0.39 is 17.9 Å². The van der Waals surface area contributed by atoms with Crippen LogP contribution in [-0.4, -0.2) is 29.1 Å². The Morgan fingerprint density at radius 3 is 2.84 bits per heavy atom. The molecule has 0 amide bonds. The van der Waals surface area contributed by atoms with Crippen LogP contribution in [0.1, 0.15) is 5.56 Å². The first-order chi connectivity index (χ1) is 9.11. The average Bonchev–Trinajstić information content (AvgIpc) is 2.43. The molecule has 5 heteroatoms. The number of aromatic nitrogens is 1. The monoisotopic (exact) mass is 259 g/mol. The van der Waals surface area contributed by atoms with E-state index in [4.69, 9.17) is 5.11 Å². The van der Waals surface area contributed by atoms with Crippen molar-refractivity contribution in [3.63, 3.8) is 0 Å². The summed E-state index contributed by atoms with van der Waals surface area (Å²) in [4.78, 5) is 26.6. The number of carboxylic acid groups (broad SMARTS) is 1. The van der Waals surface area contributed by atoms with E-state index in [0.717, 1.165) is 16.5 Å². The van der Waals surface area contributed by atoms with Crippen molar-refractivity contribution in [2.24, 2.45) is 5.92 Å². The molecule has 0 aliphatic carbocycles. The molecule has 1 heterocycles. The van der Waals surface area contributed by atoms with E-state index in [9.17, 15) is 9.59 Å². The molecule has 1 aromatic heterocycles. The SMILES string of the molecule is COC(=O)C(Cc1ccc2ncccc2c1)C(=O)O. The molecular weight excluding hydrogens is 246 g/mol. The zero-order valence-electron chi connectivity index (χ0n) is 10.4. The highest BCUT2D eigenvalue weighted by Crippen LogP contribution is 2.17. The molecule has 2 aromatic rings. The third-order valence-corrected chi connectivity index (χ3v) is 2.89. The van der Waals surface area contributed by atoms with Crippen LogP contribution in [0.3, 0.4) is 0 Å². The minimum atomic E-state index is -1.18. The summed E-state index contributed by atoms with van der Waals surface area (Å²) in [5.74, 6) is -3.10. The Hall–Kier alpha value is -2.43. The molecule has 1 atom stereocenters. The second-order valence-corrected chi connectivity index (χ2v) is 4.15. The maximum Gasteiger partial charge on any atom is 0.320 e. The van der Waals surface area contributed by atoms with Gasteiger partial charge in [-0.2, -0.15) is 0 Å². The second kappa shape index (κ2) is 5.48. The molecule has 98 valence electrons. The number of carbonyl (C=O) groups is 2. The number of methoxy groups -OCH3 is 1. The first-order valence-corrected chi connectivity index (χ1v) is 5.76. The average molecular weight is 259 g/mol. The summed E-state index contributed by atoms with van der Waals surface area (Å²) in [7, 11) is 1.18. The number of nitrogens with zero attached hydrogens (tertiary/aromatic N) is 1. The van der Waals surface area contributed by atoms with Gasteiger partial charge in [0, 0.05) is 11.6 Å². The van der Waals surface area contributed by atoms with Crippen LogP contribution in [0.2, 0.25) is 0 Å². The van der Waals surface area contributed by atoms with Gasteiger partial charge < -0.3 is 9.84 Å². The molecular formula is C14H13NO4. The maximum atomic E-state index is 11.4. The van der Waals surface area contributed by atoms with Gasteiger partial charge in [0.15, 0.2) is 5.92 Å². The zero-order chi connectivity index (χ0) is 13.8. The highest BCUT2D eigenvalue weighted by molar-refractivity contribution is 5.94. The molecule has 1 unspecified atom stereocenters. The topological polar surface area (TPSA) is 76.5 Å². The summed E-state index contributed by atoms with van der Waals surface area (Å²) in [6.45, 7) is 0. The van der Waals surface area contributed by atoms with Crippen LogP contribution in [0.25, 0.3) is 10.9 Å². The number of rotatable bonds is 4. The van der Waals surface area contributed by atoms with Crippen LogP contribution in [-0.2, 0) is 20.7 Å². The lowest BCUT2D eigenvalue weighted by Gasteiger charge is -2.10. The van der Waals surface area contributed by atoms with E-state index in [1.807, 2.05) is 12.1 Å². The summed E-state index contributed by atoms with van der Waals surface area (Å²) in [5, 5.41) is 9.95. The summed E-state index contributed by atoms with van der Waals surface area (Å²) in [5.41, 5.74) is 1.59. The molecule has 0 saturated carbocycles. The standard InChI is InChI=1S/C14H13NO4/c1-19-14(18)11(13(16)17)8-9-4-5-12-10(7-9)3-2-6-15-12/h2-7,11H,8H2,1H3,(H,16,17). The number of ether oxygens (including phenoxy) is 1. The number of fused-ring (bicyclic) bond motifs is 1. The number of esters is 1.